The van der Waals surface area contributed by atoms with Gasteiger partial charge in [-0.3, -0.25) is 4.79 Å². The predicted octanol–water partition coefficient (Wildman–Crippen LogP) is 3.01. The molecule has 0 spiro atoms. The molecule has 0 radical (unpaired) electrons. The molecule has 0 heterocycles. The van der Waals surface area contributed by atoms with E-state index >= 15 is 0 Å². The Labute approximate surface area is 148 Å². The number of para-hydroxylation sites is 1. The van der Waals surface area contributed by atoms with Crippen molar-refractivity contribution in [1.29, 1.82) is 0 Å². The van der Waals surface area contributed by atoms with Crippen LogP contribution in [-0.2, 0) is 16.1 Å². The summed E-state index contributed by atoms with van der Waals surface area (Å²) in [6.45, 7) is 6.01. The van der Waals surface area contributed by atoms with Gasteiger partial charge in [-0.15, -0.1) is 0 Å². The highest BCUT2D eigenvalue weighted by molar-refractivity contribution is 5.96. The number of aryl methyl sites for hydroxylation is 3. The first-order valence-electron chi connectivity index (χ1n) is 8.12. The fourth-order valence-electron chi connectivity index (χ4n) is 2.54. The van der Waals surface area contributed by atoms with E-state index in [0.717, 1.165) is 16.7 Å². The number of ether oxygens (including phenoxy) is 1. The highest BCUT2D eigenvalue weighted by atomic mass is 16.5. The number of anilines is 1. The van der Waals surface area contributed by atoms with Crippen molar-refractivity contribution in [2.24, 2.45) is 0 Å². The molecule has 0 aromatic heterocycles. The summed E-state index contributed by atoms with van der Waals surface area (Å²) in [5.74, 6) is -0.853. The number of carbonyl (C=O) groups is 2. The molecule has 5 nitrogen and oxygen atoms in total. The largest absolute Gasteiger partial charge is 0.452 e. The number of nitrogens with zero attached hydrogens (tertiary/aromatic N) is 1. The van der Waals surface area contributed by atoms with Crippen molar-refractivity contribution in [3.05, 3.63) is 64.2 Å². The van der Waals surface area contributed by atoms with Gasteiger partial charge in [-0.25, -0.2) is 4.79 Å². The monoisotopic (exact) mass is 340 g/mol. The second-order valence-corrected chi connectivity index (χ2v) is 6.29. The van der Waals surface area contributed by atoms with Gasteiger partial charge in [0.2, 0.25) is 0 Å². The van der Waals surface area contributed by atoms with E-state index in [1.807, 2.05) is 39.0 Å². The number of nitrogen functional groups attached to an aromatic ring is 1. The standard InChI is InChI=1S/C20H24N2O3/c1-13-8-9-16(15(3)10-13)11-22(4)18(23)12-25-20(24)17-7-5-6-14(2)19(17)21/h5-10H,11-12,21H2,1-4H3. The van der Waals surface area contributed by atoms with E-state index in [2.05, 4.69) is 6.07 Å². The van der Waals surface area contributed by atoms with Crippen LogP contribution in [0.2, 0.25) is 0 Å². The van der Waals surface area contributed by atoms with E-state index in [0.29, 0.717) is 12.2 Å². The third-order valence-electron chi connectivity index (χ3n) is 4.20. The van der Waals surface area contributed by atoms with Crippen LogP contribution in [0.1, 0.15) is 32.6 Å². The molecule has 0 aliphatic rings. The topological polar surface area (TPSA) is 72.6 Å². The molecule has 2 aromatic carbocycles. The van der Waals surface area contributed by atoms with Gasteiger partial charge in [0, 0.05) is 19.3 Å². The van der Waals surface area contributed by atoms with Crippen molar-refractivity contribution >= 4 is 17.6 Å². The van der Waals surface area contributed by atoms with Gasteiger partial charge in [0.05, 0.1) is 5.56 Å². The summed E-state index contributed by atoms with van der Waals surface area (Å²) >= 11 is 0. The molecule has 1 amide bonds. The lowest BCUT2D eigenvalue weighted by Gasteiger charge is -2.19. The number of carbonyl (C=O) groups excluding carboxylic acids is 2. The fraction of sp³-hybridized carbons (Fsp3) is 0.300. The zero-order valence-corrected chi connectivity index (χ0v) is 15.1. The van der Waals surface area contributed by atoms with Gasteiger partial charge < -0.3 is 15.4 Å². The van der Waals surface area contributed by atoms with E-state index in [4.69, 9.17) is 10.5 Å². The molecule has 2 N–H and O–H groups in total. The van der Waals surface area contributed by atoms with Crippen molar-refractivity contribution in [3.8, 4) is 0 Å². The summed E-state index contributed by atoms with van der Waals surface area (Å²) in [6.07, 6.45) is 0. The van der Waals surface area contributed by atoms with E-state index < -0.39 is 5.97 Å². The molecule has 0 unspecified atom stereocenters. The first-order chi connectivity index (χ1) is 11.8. The Bertz CT molecular complexity index is 800. The normalized spacial score (nSPS) is 10.4. The lowest BCUT2D eigenvalue weighted by Crippen LogP contribution is -2.31. The van der Waals surface area contributed by atoms with Crippen molar-refractivity contribution in [2.75, 3.05) is 19.4 Å². The second-order valence-electron chi connectivity index (χ2n) is 6.29. The van der Waals surface area contributed by atoms with Crippen molar-refractivity contribution in [3.63, 3.8) is 0 Å². The molecule has 0 saturated carbocycles. The molecular formula is C20H24N2O3. The molecule has 5 heteroatoms. The predicted molar refractivity (Wildman–Crippen MR) is 98.3 cm³/mol. The Kier molecular flexibility index (Phi) is 5.80. The van der Waals surface area contributed by atoms with E-state index in [9.17, 15) is 9.59 Å². The van der Waals surface area contributed by atoms with Crippen LogP contribution in [0.25, 0.3) is 0 Å². The minimum Gasteiger partial charge on any atom is -0.452 e. The van der Waals surface area contributed by atoms with Gasteiger partial charge in [-0.1, -0.05) is 35.9 Å². The Hall–Kier alpha value is -2.82. The Morgan fingerprint density at radius 1 is 1.08 bits per heavy atom. The molecule has 0 bridgehead atoms. The molecule has 0 fully saturated rings. The number of nitrogens with two attached hydrogens (primary N) is 1. The molecule has 2 rings (SSSR count). The first-order valence-corrected chi connectivity index (χ1v) is 8.12. The quantitative estimate of drug-likeness (QED) is 0.671. The minimum atomic E-state index is -0.588. The maximum absolute atomic E-state index is 12.2. The van der Waals surface area contributed by atoms with Gasteiger partial charge in [0.15, 0.2) is 6.61 Å². The highest BCUT2D eigenvalue weighted by Gasteiger charge is 2.16. The van der Waals surface area contributed by atoms with E-state index in [1.54, 1.807) is 24.1 Å². The van der Waals surface area contributed by atoms with Crippen LogP contribution in [0.3, 0.4) is 0 Å². The zero-order valence-electron chi connectivity index (χ0n) is 15.1. The number of hydrogen-bond donors (Lipinski definition) is 1. The Balaban J connectivity index is 1.95. The lowest BCUT2D eigenvalue weighted by atomic mass is 10.1. The molecule has 0 saturated heterocycles. The summed E-state index contributed by atoms with van der Waals surface area (Å²) in [5.41, 5.74) is 10.7. The summed E-state index contributed by atoms with van der Waals surface area (Å²) in [7, 11) is 1.69. The highest BCUT2D eigenvalue weighted by Crippen LogP contribution is 2.17. The summed E-state index contributed by atoms with van der Waals surface area (Å²) in [6, 6.07) is 11.2. The number of esters is 1. The molecule has 2 aromatic rings. The van der Waals surface area contributed by atoms with Crippen molar-refractivity contribution in [2.45, 2.75) is 27.3 Å². The lowest BCUT2D eigenvalue weighted by molar-refractivity contribution is -0.133. The SMILES string of the molecule is Cc1ccc(CN(C)C(=O)COC(=O)c2cccc(C)c2N)c(C)c1. The number of benzene rings is 2. The minimum absolute atomic E-state index is 0.264. The summed E-state index contributed by atoms with van der Waals surface area (Å²) in [5, 5.41) is 0. The molecule has 25 heavy (non-hydrogen) atoms. The Morgan fingerprint density at radius 3 is 2.48 bits per heavy atom. The van der Waals surface area contributed by atoms with Crippen molar-refractivity contribution < 1.29 is 14.3 Å². The smallest absolute Gasteiger partial charge is 0.340 e. The first kappa shape index (κ1) is 18.5. The number of rotatable bonds is 5. The van der Waals surface area contributed by atoms with Crippen LogP contribution < -0.4 is 5.73 Å². The van der Waals surface area contributed by atoms with E-state index in [-0.39, 0.29) is 18.1 Å². The third-order valence-corrected chi connectivity index (χ3v) is 4.20. The van der Waals surface area contributed by atoms with Gasteiger partial charge >= 0.3 is 5.97 Å². The zero-order chi connectivity index (χ0) is 18.6. The van der Waals surface area contributed by atoms with E-state index in [1.165, 1.54) is 5.56 Å². The number of hydrogen-bond acceptors (Lipinski definition) is 4. The van der Waals surface area contributed by atoms with Gasteiger partial charge in [-0.2, -0.15) is 0 Å². The van der Waals surface area contributed by atoms with Crippen LogP contribution in [-0.4, -0.2) is 30.4 Å². The van der Waals surface area contributed by atoms with Crippen LogP contribution in [0, 0.1) is 20.8 Å². The maximum Gasteiger partial charge on any atom is 0.340 e. The van der Waals surface area contributed by atoms with Crippen LogP contribution in [0.4, 0.5) is 5.69 Å². The van der Waals surface area contributed by atoms with Crippen molar-refractivity contribution in [1.82, 2.24) is 4.90 Å². The van der Waals surface area contributed by atoms with Gasteiger partial charge in [-0.05, 0) is 43.5 Å². The number of amides is 1. The maximum atomic E-state index is 12.2. The second kappa shape index (κ2) is 7.83. The van der Waals surface area contributed by atoms with Crippen LogP contribution in [0.15, 0.2) is 36.4 Å². The fourth-order valence-corrected chi connectivity index (χ4v) is 2.54. The third kappa shape index (κ3) is 4.59. The average molecular weight is 340 g/mol. The Morgan fingerprint density at radius 2 is 1.80 bits per heavy atom. The summed E-state index contributed by atoms with van der Waals surface area (Å²) in [4.78, 5) is 25.9. The van der Waals surface area contributed by atoms with Crippen LogP contribution >= 0.6 is 0 Å². The molecular weight excluding hydrogens is 316 g/mol. The molecule has 132 valence electrons. The number of likely N-dealkylation sites (N-methyl/N-ethyl adjacent to an activating group) is 1. The molecule has 0 atom stereocenters. The van der Waals surface area contributed by atoms with Gasteiger partial charge in [0.25, 0.3) is 5.91 Å². The van der Waals surface area contributed by atoms with Gasteiger partial charge in [0.1, 0.15) is 0 Å². The summed E-state index contributed by atoms with van der Waals surface area (Å²) < 4.78 is 5.12. The van der Waals surface area contributed by atoms with Crippen LogP contribution in [0.5, 0.6) is 0 Å². The molecule has 0 aliphatic carbocycles. The molecule has 0 aliphatic heterocycles. The average Bonchev–Trinajstić information content (AvgIpc) is 2.57.